The Balaban J connectivity index is 1.93. The van der Waals surface area contributed by atoms with E-state index in [1.54, 1.807) is 0 Å². The number of ether oxygens (including phenoxy) is 1. The summed E-state index contributed by atoms with van der Waals surface area (Å²) in [6.07, 6.45) is 0. The maximum atomic E-state index is 5.70. The van der Waals surface area contributed by atoms with Gasteiger partial charge in [-0.05, 0) is 30.3 Å². The first kappa shape index (κ1) is 14.0. The highest BCUT2D eigenvalue weighted by Crippen LogP contribution is 2.13. The molecule has 0 saturated heterocycles. The number of hydrogen-bond acceptors (Lipinski definition) is 3. The Labute approximate surface area is 122 Å². The molecule has 1 heterocycles. The molecule has 0 amide bonds. The minimum atomic E-state index is 0.533. The zero-order valence-electron chi connectivity index (χ0n) is 10.9. The quantitative estimate of drug-likeness (QED) is 0.884. The van der Waals surface area contributed by atoms with Crippen molar-refractivity contribution in [2.24, 2.45) is 0 Å². The Morgan fingerprint density at radius 1 is 1.16 bits per heavy atom. The maximum absolute atomic E-state index is 5.70. The van der Waals surface area contributed by atoms with Gasteiger partial charge >= 0.3 is 0 Å². The summed E-state index contributed by atoms with van der Waals surface area (Å²) in [6, 6.07) is 13.9. The molecule has 1 aromatic heterocycles. The van der Waals surface area contributed by atoms with Crippen LogP contribution < -0.4 is 10.1 Å². The monoisotopic (exact) mass is 320 g/mol. The van der Waals surface area contributed by atoms with Crippen molar-refractivity contribution >= 4 is 15.9 Å². The van der Waals surface area contributed by atoms with Crippen molar-refractivity contribution in [1.82, 2.24) is 10.3 Å². The third-order valence-corrected chi connectivity index (χ3v) is 3.17. The minimum Gasteiger partial charge on any atom is -0.473 e. The minimum absolute atomic E-state index is 0.533. The molecule has 0 spiro atoms. The zero-order valence-corrected chi connectivity index (χ0v) is 12.5. The average molecular weight is 321 g/mol. The summed E-state index contributed by atoms with van der Waals surface area (Å²) in [5.74, 6) is 0.665. The highest BCUT2D eigenvalue weighted by Gasteiger charge is 1.99. The normalized spacial score (nSPS) is 10.4. The second-order valence-electron chi connectivity index (χ2n) is 4.16. The third kappa shape index (κ3) is 4.65. The van der Waals surface area contributed by atoms with E-state index in [9.17, 15) is 0 Å². The van der Waals surface area contributed by atoms with E-state index in [1.807, 2.05) is 42.5 Å². The van der Waals surface area contributed by atoms with Crippen molar-refractivity contribution in [3.63, 3.8) is 0 Å². The van der Waals surface area contributed by atoms with Crippen LogP contribution in [0.15, 0.2) is 46.9 Å². The fraction of sp³-hybridized carbons (Fsp3) is 0.267. The topological polar surface area (TPSA) is 34.1 Å². The van der Waals surface area contributed by atoms with Crippen molar-refractivity contribution in [3.8, 4) is 5.88 Å². The number of aromatic nitrogens is 1. The first-order valence-corrected chi connectivity index (χ1v) is 7.11. The van der Waals surface area contributed by atoms with E-state index in [0.717, 1.165) is 28.8 Å². The molecular formula is C15H17BrN2O. The first-order chi connectivity index (χ1) is 9.28. The predicted molar refractivity (Wildman–Crippen MR) is 80.1 cm³/mol. The van der Waals surface area contributed by atoms with Gasteiger partial charge in [-0.2, -0.15) is 0 Å². The SMILES string of the molecule is CCNCc1cccc(OCc2ccc(Br)cc2)n1. The Bertz CT molecular complexity index is 514. The van der Waals surface area contributed by atoms with Crippen molar-refractivity contribution in [2.45, 2.75) is 20.1 Å². The van der Waals surface area contributed by atoms with Gasteiger partial charge in [0.15, 0.2) is 0 Å². The molecule has 0 fully saturated rings. The molecule has 1 aromatic carbocycles. The van der Waals surface area contributed by atoms with Gasteiger partial charge in [0.2, 0.25) is 5.88 Å². The number of nitrogens with zero attached hydrogens (tertiary/aromatic N) is 1. The summed E-state index contributed by atoms with van der Waals surface area (Å²) >= 11 is 3.41. The van der Waals surface area contributed by atoms with Crippen LogP contribution in [0.25, 0.3) is 0 Å². The van der Waals surface area contributed by atoms with Gasteiger partial charge in [0, 0.05) is 17.1 Å². The number of hydrogen-bond donors (Lipinski definition) is 1. The second-order valence-corrected chi connectivity index (χ2v) is 5.08. The van der Waals surface area contributed by atoms with E-state index in [-0.39, 0.29) is 0 Å². The standard InChI is InChI=1S/C15H17BrN2O/c1-2-17-10-14-4-3-5-15(18-14)19-11-12-6-8-13(16)9-7-12/h3-9,17H,2,10-11H2,1H3. The van der Waals surface area contributed by atoms with Crippen molar-refractivity contribution < 1.29 is 4.74 Å². The fourth-order valence-electron chi connectivity index (χ4n) is 1.63. The summed E-state index contributed by atoms with van der Waals surface area (Å²) in [5, 5.41) is 3.25. The molecule has 0 radical (unpaired) electrons. The Morgan fingerprint density at radius 2 is 1.95 bits per heavy atom. The van der Waals surface area contributed by atoms with Crippen LogP contribution in [0.2, 0.25) is 0 Å². The summed E-state index contributed by atoms with van der Waals surface area (Å²) in [7, 11) is 0. The number of pyridine rings is 1. The summed E-state index contributed by atoms with van der Waals surface area (Å²) in [4.78, 5) is 4.45. The van der Waals surface area contributed by atoms with Crippen LogP contribution in [0.1, 0.15) is 18.2 Å². The van der Waals surface area contributed by atoms with E-state index in [4.69, 9.17) is 4.74 Å². The molecule has 0 aliphatic heterocycles. The van der Waals surface area contributed by atoms with E-state index in [2.05, 4.69) is 33.2 Å². The lowest BCUT2D eigenvalue weighted by Crippen LogP contribution is -2.13. The van der Waals surface area contributed by atoms with Gasteiger partial charge in [0.05, 0.1) is 5.69 Å². The molecule has 0 unspecified atom stereocenters. The van der Waals surface area contributed by atoms with Gasteiger partial charge < -0.3 is 10.1 Å². The smallest absolute Gasteiger partial charge is 0.213 e. The number of rotatable bonds is 6. The zero-order chi connectivity index (χ0) is 13.5. The van der Waals surface area contributed by atoms with Gasteiger partial charge in [-0.3, -0.25) is 0 Å². The van der Waals surface area contributed by atoms with Gasteiger partial charge in [-0.15, -0.1) is 0 Å². The van der Waals surface area contributed by atoms with Crippen molar-refractivity contribution in [1.29, 1.82) is 0 Å². The molecule has 2 rings (SSSR count). The molecule has 2 aromatic rings. The molecule has 0 aliphatic carbocycles. The summed E-state index contributed by atoms with van der Waals surface area (Å²) < 4.78 is 6.77. The van der Waals surface area contributed by atoms with Gasteiger partial charge in [0.1, 0.15) is 6.61 Å². The number of halogens is 1. The predicted octanol–water partition coefficient (Wildman–Crippen LogP) is 3.53. The van der Waals surface area contributed by atoms with E-state index in [0.29, 0.717) is 12.5 Å². The lowest BCUT2D eigenvalue weighted by atomic mass is 10.2. The fourth-order valence-corrected chi connectivity index (χ4v) is 1.89. The molecule has 4 heteroatoms. The van der Waals surface area contributed by atoms with Crippen LogP contribution in [0.4, 0.5) is 0 Å². The highest BCUT2D eigenvalue weighted by molar-refractivity contribution is 9.10. The highest BCUT2D eigenvalue weighted by atomic mass is 79.9. The maximum Gasteiger partial charge on any atom is 0.213 e. The molecule has 0 aliphatic rings. The van der Waals surface area contributed by atoms with Crippen LogP contribution in [0, 0.1) is 0 Å². The Kier molecular flexibility index (Phi) is 5.36. The molecule has 1 N–H and O–H groups in total. The van der Waals surface area contributed by atoms with Crippen LogP contribution in [0.3, 0.4) is 0 Å². The molecule has 3 nitrogen and oxygen atoms in total. The molecule has 0 atom stereocenters. The molecule has 0 saturated carbocycles. The van der Waals surface area contributed by atoms with Gasteiger partial charge in [-0.25, -0.2) is 4.98 Å². The van der Waals surface area contributed by atoms with E-state index in [1.165, 1.54) is 0 Å². The van der Waals surface area contributed by atoms with Crippen LogP contribution in [-0.4, -0.2) is 11.5 Å². The summed E-state index contributed by atoms with van der Waals surface area (Å²) in [6.45, 7) is 4.32. The van der Waals surface area contributed by atoms with E-state index >= 15 is 0 Å². The molecule has 19 heavy (non-hydrogen) atoms. The average Bonchev–Trinajstić information content (AvgIpc) is 2.45. The Morgan fingerprint density at radius 3 is 2.68 bits per heavy atom. The lowest BCUT2D eigenvalue weighted by molar-refractivity contribution is 0.293. The van der Waals surface area contributed by atoms with Crippen LogP contribution >= 0.6 is 15.9 Å². The first-order valence-electron chi connectivity index (χ1n) is 6.32. The van der Waals surface area contributed by atoms with Crippen LogP contribution in [0.5, 0.6) is 5.88 Å². The largest absolute Gasteiger partial charge is 0.473 e. The van der Waals surface area contributed by atoms with Crippen molar-refractivity contribution in [2.75, 3.05) is 6.54 Å². The Hall–Kier alpha value is -1.39. The van der Waals surface area contributed by atoms with Gasteiger partial charge in [-0.1, -0.05) is 41.1 Å². The molecule has 0 bridgehead atoms. The van der Waals surface area contributed by atoms with Crippen molar-refractivity contribution in [3.05, 3.63) is 58.2 Å². The third-order valence-electron chi connectivity index (χ3n) is 2.64. The van der Waals surface area contributed by atoms with E-state index < -0.39 is 0 Å². The summed E-state index contributed by atoms with van der Waals surface area (Å²) in [5.41, 5.74) is 2.12. The second kappa shape index (κ2) is 7.26. The van der Waals surface area contributed by atoms with Crippen LogP contribution in [-0.2, 0) is 13.2 Å². The van der Waals surface area contributed by atoms with Gasteiger partial charge in [0.25, 0.3) is 0 Å². The molecule has 100 valence electrons. The lowest BCUT2D eigenvalue weighted by Gasteiger charge is -2.07. The number of nitrogens with one attached hydrogen (secondary N) is 1. The molecular weight excluding hydrogens is 304 g/mol. The number of benzene rings is 1.